The van der Waals surface area contributed by atoms with Crippen molar-refractivity contribution in [3.05, 3.63) is 46.7 Å². The lowest BCUT2D eigenvalue weighted by Gasteiger charge is -2.24. The van der Waals surface area contributed by atoms with Gasteiger partial charge in [-0.05, 0) is 65.6 Å². The molecule has 2 aromatic heterocycles. The molecule has 1 fully saturated rings. The highest BCUT2D eigenvalue weighted by Crippen LogP contribution is 2.33. The van der Waals surface area contributed by atoms with Crippen LogP contribution < -0.4 is 10.1 Å². The molecule has 1 aromatic carbocycles. The first kappa shape index (κ1) is 16.1. The van der Waals surface area contributed by atoms with E-state index in [2.05, 4.69) is 37.3 Å². The summed E-state index contributed by atoms with van der Waals surface area (Å²) >= 11 is 3.46. The summed E-state index contributed by atoms with van der Waals surface area (Å²) in [6, 6.07) is 10.1. The summed E-state index contributed by atoms with van der Waals surface area (Å²) < 4.78 is 6.99. The number of rotatable bonds is 3. The third-order valence-corrected chi connectivity index (χ3v) is 4.92. The Morgan fingerprint density at radius 1 is 1.24 bits per heavy atom. The third kappa shape index (κ3) is 3.26. The van der Waals surface area contributed by atoms with Crippen LogP contribution in [0, 0.1) is 11.3 Å². The van der Waals surface area contributed by atoms with Gasteiger partial charge in [0.2, 0.25) is 0 Å². The van der Waals surface area contributed by atoms with Crippen molar-refractivity contribution in [1.29, 1.82) is 5.26 Å². The first-order valence-electron chi connectivity index (χ1n) is 8.29. The number of hydrogen-bond donors (Lipinski definition) is 2. The largest absolute Gasteiger partial charge is 0.489 e. The molecule has 3 aromatic rings. The number of nitriles is 1. The quantitative estimate of drug-likeness (QED) is 0.701. The summed E-state index contributed by atoms with van der Waals surface area (Å²) in [6.07, 6.45) is 5.80. The standard InChI is InChI=1S/C19H17BrN4O/c20-14-8-16-17(11-24-19(16)23-10-14)12-1-2-18(13(7-12)9-21)25-15-3-5-22-6-4-15/h1-2,7-8,10-11,15,22H,3-6H2,(H,23,24). The van der Waals surface area contributed by atoms with Crippen LogP contribution in [-0.2, 0) is 0 Å². The molecule has 126 valence electrons. The van der Waals surface area contributed by atoms with Crippen molar-refractivity contribution >= 4 is 27.0 Å². The molecule has 25 heavy (non-hydrogen) atoms. The van der Waals surface area contributed by atoms with Crippen molar-refractivity contribution in [2.45, 2.75) is 18.9 Å². The van der Waals surface area contributed by atoms with Gasteiger partial charge in [0.25, 0.3) is 0 Å². The number of piperidine rings is 1. The van der Waals surface area contributed by atoms with E-state index in [0.29, 0.717) is 11.3 Å². The van der Waals surface area contributed by atoms with Crippen molar-refractivity contribution in [2.24, 2.45) is 0 Å². The number of aromatic nitrogens is 2. The molecular weight excluding hydrogens is 380 g/mol. The molecule has 0 saturated carbocycles. The predicted molar refractivity (Wildman–Crippen MR) is 100 cm³/mol. The Morgan fingerprint density at radius 3 is 2.88 bits per heavy atom. The number of nitrogens with zero attached hydrogens (tertiary/aromatic N) is 2. The molecule has 0 spiro atoms. The second kappa shape index (κ2) is 6.87. The topological polar surface area (TPSA) is 73.7 Å². The minimum atomic E-state index is 0.174. The summed E-state index contributed by atoms with van der Waals surface area (Å²) in [5.41, 5.74) is 3.38. The van der Waals surface area contributed by atoms with E-state index in [1.165, 1.54) is 0 Å². The molecule has 1 aliphatic heterocycles. The van der Waals surface area contributed by atoms with E-state index in [-0.39, 0.29) is 6.10 Å². The van der Waals surface area contributed by atoms with E-state index in [9.17, 15) is 5.26 Å². The molecule has 0 atom stereocenters. The Hall–Kier alpha value is -2.36. The maximum Gasteiger partial charge on any atom is 0.137 e. The summed E-state index contributed by atoms with van der Waals surface area (Å²) in [4.78, 5) is 7.54. The lowest BCUT2D eigenvalue weighted by Crippen LogP contribution is -2.34. The van der Waals surface area contributed by atoms with E-state index in [1.807, 2.05) is 30.5 Å². The van der Waals surface area contributed by atoms with E-state index in [4.69, 9.17) is 4.74 Å². The number of benzene rings is 1. The van der Waals surface area contributed by atoms with Crippen LogP contribution in [0.2, 0.25) is 0 Å². The van der Waals surface area contributed by atoms with Crippen LogP contribution in [0.5, 0.6) is 5.75 Å². The Kier molecular flexibility index (Phi) is 4.43. The van der Waals surface area contributed by atoms with Crippen LogP contribution in [0.4, 0.5) is 0 Å². The number of nitrogens with one attached hydrogen (secondary N) is 2. The van der Waals surface area contributed by atoms with Crippen LogP contribution in [0.1, 0.15) is 18.4 Å². The van der Waals surface area contributed by atoms with Crippen molar-refractivity contribution in [3.8, 4) is 22.9 Å². The highest BCUT2D eigenvalue weighted by Gasteiger charge is 2.17. The lowest BCUT2D eigenvalue weighted by molar-refractivity contribution is 0.162. The van der Waals surface area contributed by atoms with Crippen LogP contribution in [0.15, 0.2) is 41.1 Å². The smallest absolute Gasteiger partial charge is 0.137 e. The molecule has 0 aliphatic carbocycles. The van der Waals surface area contributed by atoms with E-state index >= 15 is 0 Å². The molecule has 4 rings (SSSR count). The van der Waals surface area contributed by atoms with Crippen molar-refractivity contribution in [1.82, 2.24) is 15.3 Å². The van der Waals surface area contributed by atoms with Gasteiger partial charge in [-0.2, -0.15) is 5.26 Å². The van der Waals surface area contributed by atoms with Gasteiger partial charge in [0.15, 0.2) is 0 Å². The molecule has 0 bridgehead atoms. The van der Waals surface area contributed by atoms with Gasteiger partial charge in [0, 0.05) is 27.8 Å². The summed E-state index contributed by atoms with van der Waals surface area (Å²) in [7, 11) is 0. The minimum Gasteiger partial charge on any atom is -0.489 e. The Balaban J connectivity index is 1.69. The highest BCUT2D eigenvalue weighted by molar-refractivity contribution is 9.10. The molecule has 0 radical (unpaired) electrons. The van der Waals surface area contributed by atoms with Crippen molar-refractivity contribution < 1.29 is 4.74 Å². The van der Waals surface area contributed by atoms with Gasteiger partial charge in [-0.1, -0.05) is 6.07 Å². The maximum atomic E-state index is 9.56. The van der Waals surface area contributed by atoms with Gasteiger partial charge in [-0.3, -0.25) is 0 Å². The second-order valence-corrected chi connectivity index (χ2v) is 7.06. The number of ether oxygens (including phenoxy) is 1. The Morgan fingerprint density at radius 2 is 2.08 bits per heavy atom. The van der Waals surface area contributed by atoms with E-state index in [0.717, 1.165) is 52.6 Å². The zero-order valence-electron chi connectivity index (χ0n) is 13.6. The first-order chi connectivity index (χ1) is 12.2. The summed E-state index contributed by atoms with van der Waals surface area (Å²) in [5.74, 6) is 0.664. The van der Waals surface area contributed by atoms with Gasteiger partial charge >= 0.3 is 0 Å². The predicted octanol–water partition coefficient (Wildman–Crippen LogP) is 3.99. The summed E-state index contributed by atoms with van der Waals surface area (Å²) in [5, 5.41) is 13.9. The molecule has 6 heteroatoms. The molecular formula is C19H17BrN4O. The zero-order chi connectivity index (χ0) is 17.2. The van der Waals surface area contributed by atoms with Gasteiger partial charge in [-0.25, -0.2) is 4.98 Å². The zero-order valence-corrected chi connectivity index (χ0v) is 15.1. The monoisotopic (exact) mass is 396 g/mol. The number of fused-ring (bicyclic) bond motifs is 1. The van der Waals surface area contributed by atoms with Crippen molar-refractivity contribution in [3.63, 3.8) is 0 Å². The number of aromatic amines is 1. The number of pyridine rings is 1. The molecule has 1 aliphatic rings. The molecule has 0 unspecified atom stereocenters. The number of halogens is 1. The highest BCUT2D eigenvalue weighted by atomic mass is 79.9. The van der Waals surface area contributed by atoms with Gasteiger partial charge in [0.1, 0.15) is 23.6 Å². The molecule has 5 nitrogen and oxygen atoms in total. The van der Waals surface area contributed by atoms with Crippen molar-refractivity contribution in [2.75, 3.05) is 13.1 Å². The van der Waals surface area contributed by atoms with Gasteiger partial charge < -0.3 is 15.0 Å². The minimum absolute atomic E-state index is 0.174. The normalized spacial score (nSPS) is 15.2. The van der Waals surface area contributed by atoms with Crippen LogP contribution in [0.3, 0.4) is 0 Å². The van der Waals surface area contributed by atoms with E-state index in [1.54, 1.807) is 6.20 Å². The molecule has 3 heterocycles. The Bertz CT molecular complexity index is 954. The molecule has 2 N–H and O–H groups in total. The van der Waals surface area contributed by atoms with Crippen LogP contribution in [-0.4, -0.2) is 29.2 Å². The average Bonchev–Trinajstić information content (AvgIpc) is 3.06. The fraction of sp³-hybridized carbons (Fsp3) is 0.263. The first-order valence-corrected chi connectivity index (χ1v) is 9.08. The van der Waals surface area contributed by atoms with Gasteiger partial charge in [-0.15, -0.1) is 0 Å². The average molecular weight is 397 g/mol. The van der Waals surface area contributed by atoms with Crippen LogP contribution in [0.25, 0.3) is 22.2 Å². The number of hydrogen-bond acceptors (Lipinski definition) is 4. The van der Waals surface area contributed by atoms with E-state index < -0.39 is 0 Å². The fourth-order valence-electron chi connectivity index (χ4n) is 3.20. The Labute approximate surface area is 154 Å². The SMILES string of the molecule is N#Cc1cc(-c2c[nH]c3ncc(Br)cc23)ccc1OC1CCNCC1. The summed E-state index contributed by atoms with van der Waals surface area (Å²) in [6.45, 7) is 1.92. The molecule has 0 amide bonds. The third-order valence-electron chi connectivity index (χ3n) is 4.49. The molecule has 1 saturated heterocycles. The fourth-order valence-corrected chi connectivity index (χ4v) is 3.53. The second-order valence-electron chi connectivity index (χ2n) is 6.14. The number of H-pyrrole nitrogens is 1. The van der Waals surface area contributed by atoms with Crippen LogP contribution >= 0.6 is 15.9 Å². The lowest BCUT2D eigenvalue weighted by atomic mass is 10.0. The van der Waals surface area contributed by atoms with Gasteiger partial charge in [0.05, 0.1) is 5.56 Å². The maximum absolute atomic E-state index is 9.56.